The van der Waals surface area contributed by atoms with Crippen LogP contribution in [0.4, 0.5) is 5.69 Å². The number of H-pyrrole nitrogens is 1. The summed E-state index contributed by atoms with van der Waals surface area (Å²) in [5.74, 6) is 0. The quantitative estimate of drug-likeness (QED) is 0.743. The molecular formula is C12H11N3OS. The first-order valence-corrected chi connectivity index (χ1v) is 6.40. The molecule has 1 aliphatic rings. The first-order chi connectivity index (χ1) is 8.22. The van der Waals surface area contributed by atoms with Crippen molar-refractivity contribution in [3.8, 4) is 6.07 Å². The number of hydrogen-bond donors (Lipinski definition) is 2. The van der Waals surface area contributed by atoms with Crippen LogP contribution in [0.2, 0.25) is 0 Å². The average molecular weight is 245 g/mol. The predicted octanol–water partition coefficient (Wildman–Crippen LogP) is 1.92. The molecule has 0 bridgehead atoms. The molecule has 3 rings (SSSR count). The zero-order valence-corrected chi connectivity index (χ0v) is 9.99. The molecule has 3 N–H and O–H groups in total. The Morgan fingerprint density at radius 2 is 2.12 bits per heavy atom. The van der Waals surface area contributed by atoms with Gasteiger partial charge in [-0.15, -0.1) is 11.3 Å². The summed E-state index contributed by atoms with van der Waals surface area (Å²) >= 11 is 1.60. The summed E-state index contributed by atoms with van der Waals surface area (Å²) in [6.45, 7) is 0. The van der Waals surface area contributed by atoms with Crippen LogP contribution in [0.5, 0.6) is 0 Å². The molecule has 0 aromatic carbocycles. The fourth-order valence-corrected chi connectivity index (χ4v) is 3.76. The van der Waals surface area contributed by atoms with Crippen molar-refractivity contribution < 1.29 is 0 Å². The Labute approximate surface area is 102 Å². The molecule has 0 saturated carbocycles. The second-order valence-corrected chi connectivity index (χ2v) is 5.37. The number of nitriles is 1. The van der Waals surface area contributed by atoms with Crippen molar-refractivity contribution >= 4 is 27.2 Å². The Morgan fingerprint density at radius 1 is 1.35 bits per heavy atom. The number of nitrogens with zero attached hydrogens (tertiary/aromatic N) is 1. The molecule has 2 heterocycles. The lowest BCUT2D eigenvalue weighted by Gasteiger charge is -2.11. The van der Waals surface area contributed by atoms with E-state index in [1.54, 1.807) is 11.3 Å². The Morgan fingerprint density at radius 3 is 2.88 bits per heavy atom. The van der Waals surface area contributed by atoms with E-state index in [9.17, 15) is 4.79 Å². The number of nitrogens with two attached hydrogens (primary N) is 1. The van der Waals surface area contributed by atoms with E-state index in [1.165, 1.54) is 16.9 Å². The van der Waals surface area contributed by atoms with Gasteiger partial charge in [0.1, 0.15) is 16.5 Å². The molecular weight excluding hydrogens is 234 g/mol. The molecule has 0 amide bonds. The molecule has 1 aliphatic carbocycles. The van der Waals surface area contributed by atoms with Crippen molar-refractivity contribution in [2.75, 3.05) is 5.73 Å². The summed E-state index contributed by atoms with van der Waals surface area (Å²) in [5.41, 5.74) is 7.22. The maximum Gasteiger partial charge on any atom is 0.269 e. The van der Waals surface area contributed by atoms with Crippen LogP contribution in [-0.2, 0) is 12.8 Å². The van der Waals surface area contributed by atoms with Crippen LogP contribution in [0.3, 0.4) is 0 Å². The van der Waals surface area contributed by atoms with Crippen LogP contribution in [0, 0.1) is 11.3 Å². The number of pyridine rings is 1. The van der Waals surface area contributed by atoms with Gasteiger partial charge in [0.15, 0.2) is 0 Å². The van der Waals surface area contributed by atoms with Crippen molar-refractivity contribution in [1.29, 1.82) is 5.26 Å². The van der Waals surface area contributed by atoms with Crippen LogP contribution >= 0.6 is 11.3 Å². The Bertz CT molecular complexity index is 705. The number of rotatable bonds is 0. The first-order valence-electron chi connectivity index (χ1n) is 5.58. The number of anilines is 1. The molecule has 86 valence electrons. The number of nitrogens with one attached hydrogen (secondary N) is 1. The highest BCUT2D eigenvalue weighted by atomic mass is 32.1. The summed E-state index contributed by atoms with van der Waals surface area (Å²) in [6, 6.07) is 1.89. The van der Waals surface area contributed by atoms with Crippen molar-refractivity contribution in [2.45, 2.75) is 25.7 Å². The molecule has 17 heavy (non-hydrogen) atoms. The van der Waals surface area contributed by atoms with Gasteiger partial charge in [0.05, 0.1) is 5.69 Å². The van der Waals surface area contributed by atoms with E-state index in [0.717, 1.165) is 29.5 Å². The van der Waals surface area contributed by atoms with Gasteiger partial charge in [-0.3, -0.25) is 4.79 Å². The fourth-order valence-electron chi connectivity index (χ4n) is 2.46. The van der Waals surface area contributed by atoms with E-state index in [1.807, 2.05) is 6.07 Å². The van der Waals surface area contributed by atoms with E-state index in [0.29, 0.717) is 5.69 Å². The third-order valence-corrected chi connectivity index (χ3v) is 4.48. The number of aryl methyl sites for hydroxylation is 2. The lowest BCUT2D eigenvalue weighted by Crippen LogP contribution is -2.13. The second kappa shape index (κ2) is 3.60. The van der Waals surface area contributed by atoms with Crippen LogP contribution in [0.1, 0.15) is 28.8 Å². The highest BCUT2D eigenvalue weighted by Gasteiger charge is 2.20. The van der Waals surface area contributed by atoms with Crippen LogP contribution in [-0.4, -0.2) is 4.98 Å². The molecule has 0 spiro atoms. The van der Waals surface area contributed by atoms with Gasteiger partial charge in [-0.05, 0) is 31.2 Å². The minimum Gasteiger partial charge on any atom is -0.397 e. The highest BCUT2D eigenvalue weighted by molar-refractivity contribution is 7.19. The smallest absolute Gasteiger partial charge is 0.269 e. The summed E-state index contributed by atoms with van der Waals surface area (Å²) < 4.78 is 0. The number of aromatic amines is 1. The zero-order valence-electron chi connectivity index (χ0n) is 9.17. The molecule has 0 atom stereocenters. The van der Waals surface area contributed by atoms with Gasteiger partial charge in [-0.25, -0.2) is 0 Å². The van der Waals surface area contributed by atoms with Crippen molar-refractivity contribution in [1.82, 2.24) is 4.98 Å². The third kappa shape index (κ3) is 1.38. The van der Waals surface area contributed by atoms with Gasteiger partial charge in [0.2, 0.25) is 0 Å². The number of thiophene rings is 1. The van der Waals surface area contributed by atoms with Crippen molar-refractivity contribution in [2.24, 2.45) is 0 Å². The van der Waals surface area contributed by atoms with Crippen molar-refractivity contribution in [3.05, 3.63) is 26.4 Å². The number of fused-ring (bicyclic) bond motifs is 3. The van der Waals surface area contributed by atoms with Gasteiger partial charge in [-0.2, -0.15) is 5.26 Å². The zero-order chi connectivity index (χ0) is 12.0. The number of nitrogen functional groups attached to an aromatic ring is 1. The SMILES string of the molecule is N#Cc1c(N)c2c3c(sc2[nH]c1=O)CCCC3. The maximum absolute atomic E-state index is 11.6. The maximum atomic E-state index is 11.6. The van der Waals surface area contributed by atoms with E-state index >= 15 is 0 Å². The second-order valence-electron chi connectivity index (χ2n) is 4.27. The number of hydrogen-bond acceptors (Lipinski definition) is 4. The van der Waals surface area contributed by atoms with Gasteiger partial charge < -0.3 is 10.7 Å². The molecule has 0 fully saturated rings. The number of aromatic nitrogens is 1. The third-order valence-electron chi connectivity index (χ3n) is 3.28. The van der Waals surface area contributed by atoms with E-state index in [-0.39, 0.29) is 11.1 Å². The minimum absolute atomic E-state index is 0.0451. The largest absolute Gasteiger partial charge is 0.397 e. The fraction of sp³-hybridized carbons (Fsp3) is 0.333. The van der Waals surface area contributed by atoms with E-state index < -0.39 is 0 Å². The summed E-state index contributed by atoms with van der Waals surface area (Å²) in [5, 5.41) is 9.86. The molecule has 5 heteroatoms. The monoisotopic (exact) mass is 245 g/mol. The Kier molecular flexibility index (Phi) is 2.20. The molecule has 0 aliphatic heterocycles. The van der Waals surface area contributed by atoms with Crippen LogP contribution in [0.25, 0.3) is 10.2 Å². The molecule has 2 aromatic rings. The molecule has 0 unspecified atom stereocenters. The molecule has 2 aromatic heterocycles. The normalized spacial score (nSPS) is 14.5. The van der Waals surface area contributed by atoms with E-state index in [4.69, 9.17) is 11.0 Å². The Hall–Kier alpha value is -1.80. The average Bonchev–Trinajstić information content (AvgIpc) is 2.67. The molecule has 4 nitrogen and oxygen atoms in total. The lowest BCUT2D eigenvalue weighted by atomic mass is 9.96. The van der Waals surface area contributed by atoms with Gasteiger partial charge in [0, 0.05) is 10.3 Å². The van der Waals surface area contributed by atoms with Gasteiger partial charge in [0.25, 0.3) is 5.56 Å². The topological polar surface area (TPSA) is 82.7 Å². The van der Waals surface area contributed by atoms with Gasteiger partial charge in [-0.1, -0.05) is 0 Å². The predicted molar refractivity (Wildman–Crippen MR) is 68.2 cm³/mol. The lowest BCUT2D eigenvalue weighted by molar-refractivity contribution is 0.700. The highest BCUT2D eigenvalue weighted by Crippen LogP contribution is 2.38. The van der Waals surface area contributed by atoms with Crippen molar-refractivity contribution in [3.63, 3.8) is 0 Å². The summed E-state index contributed by atoms with van der Waals surface area (Å²) in [7, 11) is 0. The summed E-state index contributed by atoms with van der Waals surface area (Å²) in [6.07, 6.45) is 4.39. The molecule has 0 radical (unpaired) electrons. The minimum atomic E-state index is -0.379. The van der Waals surface area contributed by atoms with Gasteiger partial charge >= 0.3 is 0 Å². The first kappa shape index (κ1) is 10.4. The molecule has 0 saturated heterocycles. The van der Waals surface area contributed by atoms with Crippen LogP contribution < -0.4 is 11.3 Å². The standard InChI is InChI=1S/C12H11N3OS/c13-5-7-10(14)9-6-3-1-2-4-8(6)17-12(9)15-11(7)16/h1-4H2,(H3,14,15,16). The Balaban J connectivity index is 2.46. The summed E-state index contributed by atoms with van der Waals surface area (Å²) in [4.78, 5) is 16.5. The van der Waals surface area contributed by atoms with Crippen LogP contribution in [0.15, 0.2) is 4.79 Å². The van der Waals surface area contributed by atoms with E-state index in [2.05, 4.69) is 4.98 Å².